The van der Waals surface area contributed by atoms with E-state index in [9.17, 15) is 18.0 Å². The maximum atomic E-state index is 11.3. The second kappa shape index (κ2) is 8.82. The molecule has 0 unspecified atom stereocenters. The summed E-state index contributed by atoms with van der Waals surface area (Å²) in [5.74, 6) is -0.282. The van der Waals surface area contributed by atoms with E-state index in [-0.39, 0.29) is 12.5 Å². The number of hydrogen-bond acceptors (Lipinski definition) is 8. The Labute approximate surface area is 144 Å². The molecule has 0 aliphatic heterocycles. The number of rotatable bonds is 4. The van der Waals surface area contributed by atoms with Crippen LogP contribution < -0.4 is 4.68 Å². The van der Waals surface area contributed by atoms with Crippen LogP contribution in [0.2, 0.25) is 0 Å². The summed E-state index contributed by atoms with van der Waals surface area (Å²) >= 11 is 1.31. The topological polar surface area (TPSA) is 113 Å². The molecule has 0 saturated carbocycles. The summed E-state index contributed by atoms with van der Waals surface area (Å²) in [5.41, 5.74) is -4.79. The summed E-state index contributed by atoms with van der Waals surface area (Å²) in [7, 11) is -6.09. The molecule has 0 saturated heterocycles. The van der Waals surface area contributed by atoms with Gasteiger partial charge in [-0.15, -0.1) is 0 Å². The van der Waals surface area contributed by atoms with E-state index in [2.05, 4.69) is 9.47 Å². The summed E-state index contributed by atoms with van der Waals surface area (Å²) < 4.78 is 69.4. The Hall–Kier alpha value is -2.12. The number of carbonyl (C=O) groups excluding carboxylic acids is 1. The lowest BCUT2D eigenvalue weighted by Gasteiger charge is -2.08. The molecule has 8 nitrogen and oxygen atoms in total. The second-order valence-corrected chi connectivity index (χ2v) is 6.34. The van der Waals surface area contributed by atoms with Crippen LogP contribution in [-0.4, -0.2) is 40.5 Å². The third-order valence-corrected chi connectivity index (χ3v) is 3.68. The van der Waals surface area contributed by atoms with Gasteiger partial charge in [0, 0.05) is 17.7 Å². The Morgan fingerprint density at radius 3 is 2.52 bits per heavy atom. The molecule has 25 heavy (non-hydrogen) atoms. The van der Waals surface area contributed by atoms with Crippen molar-refractivity contribution < 1.29 is 40.4 Å². The number of pyridine rings is 1. The van der Waals surface area contributed by atoms with E-state index in [1.807, 2.05) is 18.2 Å². The summed E-state index contributed by atoms with van der Waals surface area (Å²) in [6.45, 7) is 2.30. The fourth-order valence-electron chi connectivity index (χ4n) is 1.31. The molecule has 0 spiro atoms. The average Bonchev–Trinajstić information content (AvgIpc) is 2.95. The summed E-state index contributed by atoms with van der Waals surface area (Å²) in [6.07, 6.45) is 3.52. The minimum Gasteiger partial charge on any atom is -0.741 e. The molecule has 2 rings (SSSR count). The molecule has 0 N–H and O–H groups in total. The van der Waals surface area contributed by atoms with Gasteiger partial charge in [-0.05, 0) is 19.1 Å². The standard InChI is InChI=1S/C11H12N3O2S.CHF3O3S/c1-2-16-11(15)8-14-7-10(17-13-14)9-5-3-4-6-12-9;2-1(3,4)8(5,6)7/h3-7H,2,8H2,1H3;(H,5,6,7)/q+1;/p-1. The summed E-state index contributed by atoms with van der Waals surface area (Å²) in [6, 6.07) is 5.68. The van der Waals surface area contributed by atoms with Gasteiger partial charge in [-0.25, -0.2) is 13.2 Å². The van der Waals surface area contributed by atoms with Crippen molar-refractivity contribution >= 4 is 27.6 Å². The SMILES string of the molecule is CCOC(=O)C[n+]1cc(-c2ccccn2)sn1.O=S(=O)([O-])C(F)(F)F. The zero-order valence-corrected chi connectivity index (χ0v) is 14.3. The third-order valence-electron chi connectivity index (χ3n) is 2.31. The highest BCUT2D eigenvalue weighted by Crippen LogP contribution is 2.20. The first-order valence-corrected chi connectivity index (χ1v) is 8.68. The van der Waals surface area contributed by atoms with Crippen molar-refractivity contribution in [3.05, 3.63) is 30.6 Å². The highest BCUT2D eigenvalue weighted by atomic mass is 32.2. The second-order valence-electron chi connectivity index (χ2n) is 4.18. The minimum absolute atomic E-state index is 0.136. The van der Waals surface area contributed by atoms with Crippen LogP contribution in [0, 0.1) is 0 Å². The smallest absolute Gasteiger partial charge is 0.485 e. The molecule has 0 aromatic carbocycles. The molecule has 0 fully saturated rings. The number of carbonyl (C=O) groups is 1. The van der Waals surface area contributed by atoms with E-state index in [1.165, 1.54) is 11.5 Å². The van der Waals surface area contributed by atoms with E-state index in [4.69, 9.17) is 17.7 Å². The lowest BCUT2D eigenvalue weighted by Crippen LogP contribution is -2.39. The van der Waals surface area contributed by atoms with Crippen molar-refractivity contribution in [3.63, 3.8) is 0 Å². The van der Waals surface area contributed by atoms with Gasteiger partial charge in [-0.1, -0.05) is 10.7 Å². The normalized spacial score (nSPS) is 11.4. The monoisotopic (exact) mass is 399 g/mol. The van der Waals surface area contributed by atoms with Gasteiger partial charge in [0.2, 0.25) is 6.20 Å². The van der Waals surface area contributed by atoms with E-state index in [0.29, 0.717) is 6.61 Å². The maximum Gasteiger partial charge on any atom is 0.485 e. The van der Waals surface area contributed by atoms with Crippen molar-refractivity contribution in [1.29, 1.82) is 0 Å². The molecular weight excluding hydrogens is 387 g/mol. The lowest BCUT2D eigenvalue weighted by atomic mass is 10.3. The predicted molar refractivity (Wildman–Crippen MR) is 77.9 cm³/mol. The summed E-state index contributed by atoms with van der Waals surface area (Å²) in [5, 5.41) is 0. The van der Waals surface area contributed by atoms with Crippen LogP contribution in [0.15, 0.2) is 30.6 Å². The van der Waals surface area contributed by atoms with Crippen LogP contribution in [0.5, 0.6) is 0 Å². The fraction of sp³-hybridized carbons (Fsp3) is 0.333. The highest BCUT2D eigenvalue weighted by Gasteiger charge is 2.36. The Balaban J connectivity index is 0.000000333. The van der Waals surface area contributed by atoms with Crippen molar-refractivity contribution in [3.8, 4) is 10.6 Å². The van der Waals surface area contributed by atoms with Gasteiger partial charge in [0.25, 0.3) is 6.54 Å². The minimum atomic E-state index is -6.09. The molecule has 0 atom stereocenters. The number of hydrogen-bond donors (Lipinski definition) is 0. The van der Waals surface area contributed by atoms with Crippen LogP contribution in [-0.2, 0) is 26.2 Å². The number of ether oxygens (including phenoxy) is 1. The van der Waals surface area contributed by atoms with Gasteiger partial charge < -0.3 is 9.29 Å². The van der Waals surface area contributed by atoms with E-state index >= 15 is 0 Å². The molecule has 0 aliphatic carbocycles. The number of alkyl halides is 3. The first-order valence-electron chi connectivity index (χ1n) is 6.50. The molecule has 0 bridgehead atoms. The molecule has 2 heterocycles. The zero-order chi connectivity index (χ0) is 19.1. The predicted octanol–water partition coefficient (Wildman–Crippen LogP) is 1.11. The molecule has 13 heteroatoms. The van der Waals surface area contributed by atoms with Crippen LogP contribution in [0.1, 0.15) is 6.92 Å². The van der Waals surface area contributed by atoms with Gasteiger partial charge in [-0.3, -0.25) is 4.98 Å². The van der Waals surface area contributed by atoms with Gasteiger partial charge >= 0.3 is 11.5 Å². The Kier molecular flexibility index (Phi) is 7.38. The van der Waals surface area contributed by atoms with E-state index < -0.39 is 15.6 Å². The average molecular weight is 399 g/mol. The van der Waals surface area contributed by atoms with Crippen LogP contribution in [0.25, 0.3) is 10.6 Å². The van der Waals surface area contributed by atoms with Gasteiger partial charge in [0.1, 0.15) is 4.88 Å². The largest absolute Gasteiger partial charge is 0.741 e. The van der Waals surface area contributed by atoms with Gasteiger partial charge in [-0.2, -0.15) is 13.2 Å². The van der Waals surface area contributed by atoms with Crippen molar-refractivity contribution in [2.75, 3.05) is 6.61 Å². The van der Waals surface area contributed by atoms with E-state index in [0.717, 1.165) is 10.6 Å². The molecule has 0 radical (unpaired) electrons. The Morgan fingerprint density at radius 2 is 2.04 bits per heavy atom. The van der Waals surface area contributed by atoms with Crippen LogP contribution in [0.3, 0.4) is 0 Å². The van der Waals surface area contributed by atoms with Crippen LogP contribution in [0.4, 0.5) is 13.2 Å². The molecule has 2 aromatic heterocycles. The first kappa shape index (κ1) is 20.9. The number of halogens is 3. The van der Waals surface area contributed by atoms with Crippen molar-refractivity contribution in [1.82, 2.24) is 9.47 Å². The highest BCUT2D eigenvalue weighted by molar-refractivity contribution is 7.86. The maximum absolute atomic E-state index is 11.3. The van der Waals surface area contributed by atoms with Crippen molar-refractivity contribution in [2.24, 2.45) is 0 Å². The Morgan fingerprint density at radius 1 is 1.40 bits per heavy atom. The summed E-state index contributed by atoms with van der Waals surface area (Å²) in [4.78, 5) is 16.4. The lowest BCUT2D eigenvalue weighted by molar-refractivity contribution is -0.735. The van der Waals surface area contributed by atoms with Gasteiger partial charge in [0.05, 0.1) is 16.8 Å². The molecule has 138 valence electrons. The molecule has 0 aliphatic rings. The number of nitrogens with zero attached hydrogens (tertiary/aromatic N) is 3. The first-order chi connectivity index (χ1) is 11.5. The quantitative estimate of drug-likeness (QED) is 0.327. The third kappa shape index (κ3) is 7.11. The zero-order valence-electron chi connectivity index (χ0n) is 12.6. The molecule has 0 amide bonds. The fourth-order valence-corrected chi connectivity index (χ4v) is 1.99. The van der Waals surface area contributed by atoms with Crippen molar-refractivity contribution in [2.45, 2.75) is 19.0 Å². The van der Waals surface area contributed by atoms with Gasteiger partial charge in [0.15, 0.2) is 10.1 Å². The Bertz CT molecular complexity index is 794. The van der Waals surface area contributed by atoms with Crippen LogP contribution >= 0.6 is 11.5 Å². The molecule has 2 aromatic rings. The molecular formula is C12H12F3N3O5S2. The number of esters is 1. The number of aromatic nitrogens is 3. The van der Waals surface area contributed by atoms with E-state index in [1.54, 1.807) is 24.0 Å².